The normalized spacial score (nSPS) is 8.89. The number of rotatable bonds is 2. The average molecular weight is 171 g/mol. The maximum absolute atomic E-state index is 5.01. The summed E-state index contributed by atoms with van der Waals surface area (Å²) in [5, 5.41) is 0. The number of allylic oxidation sites excluding steroid dienone is 1. The summed E-state index contributed by atoms with van der Waals surface area (Å²) in [4.78, 5) is 0. The summed E-state index contributed by atoms with van der Waals surface area (Å²) in [5.41, 5.74) is 1.47. The summed E-state index contributed by atoms with van der Waals surface area (Å²) in [6.45, 7) is 4.52. The number of hydrogen-bond donors (Lipinski definition) is 0. The fraction of sp³-hybridized carbons (Fsp3) is 0.667. The first kappa shape index (κ1) is 12.0. The van der Waals surface area contributed by atoms with Crippen molar-refractivity contribution in [3.8, 4) is 0 Å². The van der Waals surface area contributed by atoms with Crippen LogP contribution in [0.5, 0.6) is 0 Å². The molecule has 9 heavy (non-hydrogen) atoms. The fourth-order valence-corrected chi connectivity index (χ4v) is 0.231. The molecule has 56 valence electrons. The van der Waals surface area contributed by atoms with E-state index < -0.39 is 0 Å². The summed E-state index contributed by atoms with van der Waals surface area (Å²) in [6, 6.07) is 0. The van der Waals surface area contributed by atoms with E-state index in [1.165, 1.54) is 5.54 Å². The number of halogens is 2. The summed E-state index contributed by atoms with van der Waals surface area (Å²) in [7, 11) is 0. The van der Waals surface area contributed by atoms with E-state index >= 15 is 0 Å². The van der Waals surface area contributed by atoms with Crippen molar-refractivity contribution in [3.05, 3.63) is 11.6 Å². The van der Waals surface area contributed by atoms with Crippen LogP contribution in [0.15, 0.2) is 11.6 Å². The first-order valence-corrected chi connectivity index (χ1v) is 3.52. The Morgan fingerprint density at radius 2 is 2.00 bits per heavy atom. The second-order valence-corrected chi connectivity index (χ2v) is 1.74. The lowest BCUT2D eigenvalue weighted by Gasteiger charge is -1.80. The van der Waals surface area contributed by atoms with Crippen LogP contribution >= 0.6 is 23.5 Å². The molecular weight excluding hydrogens is 159 g/mol. The quantitative estimate of drug-likeness (QED) is 0.619. The third-order valence-electron chi connectivity index (χ3n) is 0.407. The van der Waals surface area contributed by atoms with Crippen LogP contribution in [-0.4, -0.2) is 6.61 Å². The van der Waals surface area contributed by atoms with Crippen LogP contribution in [0, 0.1) is 0 Å². The van der Waals surface area contributed by atoms with Gasteiger partial charge in [0.2, 0.25) is 0 Å². The van der Waals surface area contributed by atoms with E-state index in [2.05, 4.69) is 4.29 Å². The molecule has 0 bridgehead atoms. The highest BCUT2D eigenvalue weighted by Crippen LogP contribution is 1.80. The largest absolute Gasteiger partial charge is 0.279 e. The predicted molar refractivity (Wildman–Crippen MR) is 42.8 cm³/mol. The van der Waals surface area contributed by atoms with Crippen molar-refractivity contribution >= 4 is 23.5 Å². The van der Waals surface area contributed by atoms with Gasteiger partial charge in [-0.2, -0.15) is 0 Å². The van der Waals surface area contributed by atoms with Gasteiger partial charge in [0, 0.05) is 0 Å². The van der Waals surface area contributed by atoms with Crippen LogP contribution < -0.4 is 0 Å². The Morgan fingerprint density at radius 3 is 2.00 bits per heavy atom. The van der Waals surface area contributed by atoms with Gasteiger partial charge in [-0.3, -0.25) is 4.29 Å². The molecule has 0 aliphatic rings. The molecule has 0 atom stereocenters. The molecule has 0 aromatic rings. The van der Waals surface area contributed by atoms with E-state index in [1.54, 1.807) is 6.08 Å². The molecule has 0 spiro atoms. The van der Waals surface area contributed by atoms with E-state index in [4.69, 9.17) is 23.5 Å². The van der Waals surface area contributed by atoms with Crippen molar-refractivity contribution in [2.45, 2.75) is 20.3 Å². The van der Waals surface area contributed by atoms with Gasteiger partial charge in [-0.1, -0.05) is 24.6 Å². The molecule has 0 saturated heterocycles. The molecule has 0 aliphatic carbocycles. The van der Waals surface area contributed by atoms with Crippen LogP contribution in [0.25, 0.3) is 0 Å². The van der Waals surface area contributed by atoms with Gasteiger partial charge in [0.25, 0.3) is 0 Å². The molecule has 0 amide bonds. The highest BCUT2D eigenvalue weighted by atomic mass is 35.5. The maximum atomic E-state index is 5.01. The molecule has 0 rings (SSSR count). The third kappa shape index (κ3) is 30.4. The minimum atomic E-state index is 0.654. The predicted octanol–water partition coefficient (Wildman–Crippen LogP) is 3.33. The molecule has 0 aromatic carbocycles. The standard InChI is InChI=1S/C3H7ClO.C3H5Cl/c1-2-3-5-4;1-2-3-4/h2-3H2,1H3;2-3H,1H3. The molecule has 3 heteroatoms. The van der Waals surface area contributed by atoms with Gasteiger partial charge in [-0.05, 0) is 18.9 Å². The summed E-state index contributed by atoms with van der Waals surface area (Å²) in [5.74, 6) is 0. The molecule has 0 N–H and O–H groups in total. The van der Waals surface area contributed by atoms with Crippen LogP contribution in [0.2, 0.25) is 0 Å². The highest BCUT2D eigenvalue weighted by molar-refractivity contribution is 6.25. The Kier molecular flexibility index (Phi) is 21.0. The maximum Gasteiger partial charge on any atom is 0.0679 e. The first-order valence-electron chi connectivity index (χ1n) is 2.78. The molecule has 0 radical (unpaired) electrons. The van der Waals surface area contributed by atoms with Crippen molar-refractivity contribution in [1.82, 2.24) is 0 Å². The van der Waals surface area contributed by atoms with Crippen molar-refractivity contribution in [1.29, 1.82) is 0 Å². The monoisotopic (exact) mass is 170 g/mol. The smallest absolute Gasteiger partial charge is 0.0679 e. The van der Waals surface area contributed by atoms with Gasteiger partial charge in [-0.25, -0.2) is 0 Å². The molecule has 0 saturated carbocycles. The zero-order valence-corrected chi connectivity index (χ0v) is 7.24. The van der Waals surface area contributed by atoms with Crippen molar-refractivity contribution in [2.24, 2.45) is 0 Å². The van der Waals surface area contributed by atoms with E-state index in [0.29, 0.717) is 6.61 Å². The van der Waals surface area contributed by atoms with E-state index in [9.17, 15) is 0 Å². The Morgan fingerprint density at radius 1 is 1.56 bits per heavy atom. The summed E-state index contributed by atoms with van der Waals surface area (Å²) >= 11 is 9.81. The van der Waals surface area contributed by atoms with Gasteiger partial charge in [0.05, 0.1) is 18.5 Å². The van der Waals surface area contributed by atoms with Crippen molar-refractivity contribution < 1.29 is 4.29 Å². The Bertz CT molecular complexity index is 49.0. The summed E-state index contributed by atoms with van der Waals surface area (Å²) < 4.78 is 4.16. The van der Waals surface area contributed by atoms with Gasteiger partial charge < -0.3 is 0 Å². The average Bonchev–Trinajstić information content (AvgIpc) is 1.91. The van der Waals surface area contributed by atoms with Gasteiger partial charge in [-0.15, -0.1) is 0 Å². The lowest BCUT2D eigenvalue weighted by Crippen LogP contribution is -1.74. The molecule has 1 nitrogen and oxygen atoms in total. The van der Waals surface area contributed by atoms with Gasteiger partial charge >= 0.3 is 0 Å². The Balaban J connectivity index is 0. The van der Waals surface area contributed by atoms with Gasteiger partial charge in [0.15, 0.2) is 0 Å². The van der Waals surface area contributed by atoms with Crippen LogP contribution in [0.4, 0.5) is 0 Å². The number of hydrogen-bond acceptors (Lipinski definition) is 1. The highest BCUT2D eigenvalue weighted by Gasteiger charge is 1.69. The minimum Gasteiger partial charge on any atom is -0.279 e. The first-order chi connectivity index (χ1) is 4.33. The molecule has 0 aliphatic heterocycles. The molecular formula is C6H12Cl2O. The fourth-order valence-electron chi connectivity index (χ4n) is 0.0772. The van der Waals surface area contributed by atoms with Crippen molar-refractivity contribution in [3.63, 3.8) is 0 Å². The molecule has 0 unspecified atom stereocenters. The van der Waals surface area contributed by atoms with Crippen LogP contribution in [-0.2, 0) is 4.29 Å². The molecule has 0 aromatic heterocycles. The van der Waals surface area contributed by atoms with E-state index in [1.807, 2.05) is 13.8 Å². The van der Waals surface area contributed by atoms with Crippen LogP contribution in [0.3, 0.4) is 0 Å². The SMILES string of the molecule is CC=CCl.CCCOCl. The van der Waals surface area contributed by atoms with E-state index in [0.717, 1.165) is 6.42 Å². The van der Waals surface area contributed by atoms with E-state index in [-0.39, 0.29) is 0 Å². The second kappa shape index (κ2) is 15.7. The zero-order valence-electron chi connectivity index (χ0n) is 5.73. The van der Waals surface area contributed by atoms with Gasteiger partial charge in [0.1, 0.15) is 0 Å². The van der Waals surface area contributed by atoms with Crippen LogP contribution in [0.1, 0.15) is 20.3 Å². The lowest BCUT2D eigenvalue weighted by molar-refractivity contribution is 0.351. The topological polar surface area (TPSA) is 9.23 Å². The second-order valence-electron chi connectivity index (χ2n) is 1.27. The zero-order chi connectivity index (χ0) is 7.54. The molecule has 0 heterocycles. The minimum absolute atomic E-state index is 0.654. The summed E-state index contributed by atoms with van der Waals surface area (Å²) in [6.07, 6.45) is 2.76. The Labute approximate surface area is 66.8 Å². The van der Waals surface area contributed by atoms with Crippen molar-refractivity contribution in [2.75, 3.05) is 6.61 Å². The molecule has 0 fully saturated rings. The lowest BCUT2D eigenvalue weighted by atomic mass is 10.5. The third-order valence-corrected chi connectivity index (χ3v) is 0.814. The Hall–Kier alpha value is 0.280.